The van der Waals surface area contributed by atoms with E-state index < -0.39 is 59.1 Å². The quantitative estimate of drug-likeness (QED) is 0.102. The molecule has 1 aromatic heterocycles. The number of halogens is 5. The number of ether oxygens (including phenoxy) is 3. The van der Waals surface area contributed by atoms with Crippen LogP contribution in [0.15, 0.2) is 102 Å². The highest BCUT2D eigenvalue weighted by Gasteiger charge is 2.43. The summed E-state index contributed by atoms with van der Waals surface area (Å²) < 4.78 is 92.6. The Bertz CT molecular complexity index is 2180. The van der Waals surface area contributed by atoms with Gasteiger partial charge in [-0.25, -0.2) is 13.6 Å². The summed E-state index contributed by atoms with van der Waals surface area (Å²) in [6.07, 6.45) is -6.53. The second kappa shape index (κ2) is 16.2. The zero-order chi connectivity index (χ0) is 38.6. The van der Waals surface area contributed by atoms with Gasteiger partial charge in [-0.2, -0.15) is 13.2 Å². The van der Waals surface area contributed by atoms with E-state index in [1.165, 1.54) is 48.8 Å². The molecule has 8 nitrogen and oxygen atoms in total. The predicted molar refractivity (Wildman–Crippen MR) is 194 cm³/mol. The molecule has 1 N–H and O–H groups in total. The Balaban J connectivity index is 1.65. The molecule has 5 aromatic rings. The summed E-state index contributed by atoms with van der Waals surface area (Å²) in [6.45, 7) is 1.73. The van der Waals surface area contributed by atoms with Gasteiger partial charge in [0.1, 0.15) is 18.2 Å². The highest BCUT2D eigenvalue weighted by Crippen LogP contribution is 2.44. The van der Waals surface area contributed by atoms with Crippen LogP contribution in [0.4, 0.5) is 32.6 Å². The van der Waals surface area contributed by atoms with Gasteiger partial charge in [0.05, 0.1) is 43.5 Å². The summed E-state index contributed by atoms with van der Waals surface area (Å²) in [6, 6.07) is 23.2. The van der Waals surface area contributed by atoms with Crippen molar-refractivity contribution in [1.29, 1.82) is 0 Å². The number of hydrogen-bond donors (Lipinski definition) is 1. The molecular formula is C41H38F5N3O5. The van der Waals surface area contributed by atoms with Gasteiger partial charge in [0, 0.05) is 36.8 Å². The fourth-order valence-electron chi connectivity index (χ4n) is 7.03. The van der Waals surface area contributed by atoms with Crippen molar-refractivity contribution in [2.24, 2.45) is 0 Å². The Kier molecular flexibility index (Phi) is 11.5. The topological polar surface area (TPSA) is 82.0 Å². The number of carbonyl (C=O) groups is 1. The first kappa shape index (κ1) is 38.2. The molecule has 1 aliphatic heterocycles. The molecule has 4 aromatic carbocycles. The van der Waals surface area contributed by atoms with E-state index in [0.717, 1.165) is 23.8 Å². The highest BCUT2D eigenvalue weighted by molar-refractivity contribution is 5.90. The van der Waals surface area contributed by atoms with Gasteiger partial charge in [-0.05, 0) is 41.8 Å². The van der Waals surface area contributed by atoms with E-state index in [0.29, 0.717) is 12.1 Å². The third kappa shape index (κ3) is 7.60. The van der Waals surface area contributed by atoms with Crippen LogP contribution in [-0.4, -0.2) is 44.6 Å². The maximum atomic E-state index is 16.1. The van der Waals surface area contributed by atoms with Gasteiger partial charge in [-0.1, -0.05) is 78.9 Å². The number of nitrogens with one attached hydrogen (secondary N) is 1. The number of amides is 1. The van der Waals surface area contributed by atoms with Crippen LogP contribution in [0, 0.1) is 18.6 Å². The Labute approximate surface area is 308 Å². The smallest absolute Gasteiger partial charge is 0.416 e. The summed E-state index contributed by atoms with van der Waals surface area (Å²) in [5, 5.41) is 3.41. The SMILES string of the molecule is COCCNC(c1ccccc1)[C@H]1CN(C(=O)OCc2ccccc2)c2c(Cc3c(F)cccc3C(F)(F)F)c(C)c(-c3cccc(OC)c3F)c(=O)n21. The zero-order valence-corrected chi connectivity index (χ0v) is 29.8. The molecule has 2 heterocycles. The monoisotopic (exact) mass is 747 g/mol. The Morgan fingerprint density at radius 1 is 0.907 bits per heavy atom. The number of fused-ring (bicyclic) bond motifs is 1. The largest absolute Gasteiger partial charge is 0.494 e. The molecule has 1 amide bonds. The molecule has 6 rings (SSSR count). The summed E-state index contributed by atoms with van der Waals surface area (Å²) >= 11 is 0. The van der Waals surface area contributed by atoms with Gasteiger partial charge in [0.25, 0.3) is 5.56 Å². The molecule has 0 fully saturated rings. The number of benzene rings is 4. The van der Waals surface area contributed by atoms with Gasteiger partial charge in [-0.3, -0.25) is 14.3 Å². The highest BCUT2D eigenvalue weighted by atomic mass is 19.4. The Morgan fingerprint density at radius 2 is 1.59 bits per heavy atom. The maximum Gasteiger partial charge on any atom is 0.416 e. The van der Waals surface area contributed by atoms with Crippen LogP contribution in [0.5, 0.6) is 5.75 Å². The van der Waals surface area contributed by atoms with Crippen molar-refractivity contribution in [2.75, 3.05) is 38.8 Å². The van der Waals surface area contributed by atoms with E-state index in [4.69, 9.17) is 14.2 Å². The molecule has 0 bridgehead atoms. The number of carbonyl (C=O) groups excluding carboxylic acids is 1. The molecule has 2 atom stereocenters. The van der Waals surface area contributed by atoms with E-state index in [1.54, 1.807) is 42.5 Å². The van der Waals surface area contributed by atoms with Crippen molar-refractivity contribution in [3.63, 3.8) is 0 Å². The molecule has 54 heavy (non-hydrogen) atoms. The molecular weight excluding hydrogens is 709 g/mol. The van der Waals surface area contributed by atoms with Gasteiger partial charge in [0.15, 0.2) is 11.6 Å². The van der Waals surface area contributed by atoms with Crippen LogP contribution >= 0.6 is 0 Å². The minimum Gasteiger partial charge on any atom is -0.494 e. The molecule has 0 aliphatic carbocycles. The minimum absolute atomic E-state index is 0.00489. The fraction of sp³-hybridized carbons (Fsp3) is 0.268. The molecule has 13 heteroatoms. The Morgan fingerprint density at radius 3 is 2.26 bits per heavy atom. The van der Waals surface area contributed by atoms with Gasteiger partial charge < -0.3 is 19.5 Å². The first-order valence-corrected chi connectivity index (χ1v) is 17.2. The molecule has 282 valence electrons. The lowest BCUT2D eigenvalue weighted by Crippen LogP contribution is -2.37. The maximum absolute atomic E-state index is 16.1. The number of alkyl halides is 3. The third-order valence-electron chi connectivity index (χ3n) is 9.59. The molecule has 1 unspecified atom stereocenters. The van der Waals surface area contributed by atoms with Gasteiger partial charge >= 0.3 is 12.3 Å². The van der Waals surface area contributed by atoms with E-state index in [9.17, 15) is 18.0 Å². The first-order chi connectivity index (χ1) is 26.0. The predicted octanol–water partition coefficient (Wildman–Crippen LogP) is 8.40. The zero-order valence-electron chi connectivity index (χ0n) is 29.8. The number of rotatable bonds is 12. The third-order valence-corrected chi connectivity index (χ3v) is 9.59. The van der Waals surface area contributed by atoms with E-state index >= 15 is 13.6 Å². The average molecular weight is 748 g/mol. The lowest BCUT2D eigenvalue weighted by molar-refractivity contribution is -0.138. The number of anilines is 1. The lowest BCUT2D eigenvalue weighted by Gasteiger charge is -2.28. The van der Waals surface area contributed by atoms with E-state index in [-0.39, 0.29) is 53.6 Å². The molecule has 0 radical (unpaired) electrons. The fourth-order valence-corrected chi connectivity index (χ4v) is 7.03. The molecule has 0 saturated carbocycles. The van der Waals surface area contributed by atoms with Crippen LogP contribution in [-0.2, 0) is 28.7 Å². The van der Waals surface area contributed by atoms with Gasteiger partial charge in [-0.15, -0.1) is 0 Å². The number of nitrogens with zero attached hydrogens (tertiary/aromatic N) is 2. The van der Waals surface area contributed by atoms with Crippen molar-refractivity contribution in [1.82, 2.24) is 9.88 Å². The van der Waals surface area contributed by atoms with E-state index in [1.807, 2.05) is 18.2 Å². The molecule has 1 aliphatic rings. The number of aromatic nitrogens is 1. The number of pyridine rings is 1. The normalized spacial score (nSPS) is 14.5. The summed E-state index contributed by atoms with van der Waals surface area (Å²) in [4.78, 5) is 30.4. The van der Waals surface area contributed by atoms with Crippen molar-refractivity contribution < 1.29 is 41.0 Å². The minimum atomic E-state index is -4.94. The molecule has 0 saturated heterocycles. The second-order valence-corrected chi connectivity index (χ2v) is 12.8. The average Bonchev–Trinajstić information content (AvgIpc) is 3.56. The second-order valence-electron chi connectivity index (χ2n) is 12.8. The van der Waals surface area contributed by atoms with Crippen LogP contribution in [0.3, 0.4) is 0 Å². The summed E-state index contributed by atoms with van der Waals surface area (Å²) in [5.74, 6) is -2.27. The Hall–Kier alpha value is -5.53. The van der Waals surface area contributed by atoms with Gasteiger partial charge in [0.2, 0.25) is 0 Å². The van der Waals surface area contributed by atoms with Crippen LogP contribution in [0.2, 0.25) is 0 Å². The number of hydrogen-bond acceptors (Lipinski definition) is 6. The lowest BCUT2D eigenvalue weighted by atomic mass is 9.91. The van der Waals surface area contributed by atoms with Crippen LogP contribution < -0.4 is 20.5 Å². The van der Waals surface area contributed by atoms with Crippen LogP contribution in [0.1, 0.15) is 45.5 Å². The van der Waals surface area contributed by atoms with E-state index in [2.05, 4.69) is 5.32 Å². The van der Waals surface area contributed by atoms with Crippen molar-refractivity contribution in [3.05, 3.63) is 152 Å². The van der Waals surface area contributed by atoms with Crippen molar-refractivity contribution >= 4 is 11.9 Å². The molecule has 0 spiro atoms. The van der Waals surface area contributed by atoms with Crippen molar-refractivity contribution in [2.45, 2.75) is 38.2 Å². The number of methoxy groups -OCH3 is 2. The van der Waals surface area contributed by atoms with Crippen molar-refractivity contribution in [3.8, 4) is 16.9 Å². The first-order valence-electron chi connectivity index (χ1n) is 17.2. The standard InChI is InChI=1S/C41H38F5N3O5/c1-25-29(22-30-31(41(44,45)46)17-11-18-32(30)42)38-48(40(51)54-24-26-12-6-4-7-13-26)23-33(37(47-20-21-52-2)27-14-8-5-9-15-27)49(38)39(50)35(25)28-16-10-19-34(53-3)36(28)43/h4-19,33,37,47H,20-24H2,1-3H3/t33-,37?/m1/s1. The summed E-state index contributed by atoms with van der Waals surface area (Å²) in [5.41, 5.74) is -1.55. The van der Waals surface area contributed by atoms with Crippen LogP contribution in [0.25, 0.3) is 11.1 Å². The summed E-state index contributed by atoms with van der Waals surface area (Å²) in [7, 11) is 2.79.